The minimum atomic E-state index is -0.434. The number of amides is 2. The highest BCUT2D eigenvalue weighted by molar-refractivity contribution is 9.10. The number of hydrogen-bond donors (Lipinski definition) is 3. The van der Waals surface area contributed by atoms with Crippen molar-refractivity contribution in [3.63, 3.8) is 0 Å². The molecule has 0 aliphatic carbocycles. The molecule has 0 unspecified atom stereocenters. The third kappa shape index (κ3) is 5.97. The molecule has 0 atom stereocenters. The van der Waals surface area contributed by atoms with Crippen molar-refractivity contribution in [1.82, 2.24) is 16.2 Å². The van der Waals surface area contributed by atoms with Crippen LogP contribution in [0.5, 0.6) is 5.75 Å². The Morgan fingerprint density at radius 2 is 1.91 bits per heavy atom. The van der Waals surface area contributed by atoms with Crippen molar-refractivity contribution in [3.05, 3.63) is 51.1 Å². The van der Waals surface area contributed by atoms with E-state index in [1.165, 1.54) is 11.3 Å². The van der Waals surface area contributed by atoms with Gasteiger partial charge < -0.3 is 4.74 Å². The monoisotopic (exact) mass is 413 g/mol. The molecular formula is C14H12BrN3O3S2. The van der Waals surface area contributed by atoms with E-state index in [0.717, 1.165) is 4.47 Å². The topological polar surface area (TPSA) is 79.5 Å². The van der Waals surface area contributed by atoms with Crippen LogP contribution in [-0.2, 0) is 4.79 Å². The second kappa shape index (κ2) is 8.61. The molecule has 0 fully saturated rings. The van der Waals surface area contributed by atoms with Crippen molar-refractivity contribution in [2.75, 3.05) is 6.61 Å². The molecule has 1 aromatic carbocycles. The fraction of sp³-hybridized carbons (Fsp3) is 0.0714. The van der Waals surface area contributed by atoms with Gasteiger partial charge in [-0.15, -0.1) is 11.3 Å². The third-order valence-corrected chi connectivity index (χ3v) is 4.07. The summed E-state index contributed by atoms with van der Waals surface area (Å²) in [7, 11) is 0. The Labute approximate surface area is 150 Å². The summed E-state index contributed by atoms with van der Waals surface area (Å²) in [6, 6.07) is 10.5. The van der Waals surface area contributed by atoms with E-state index < -0.39 is 5.91 Å². The van der Waals surface area contributed by atoms with E-state index in [9.17, 15) is 9.59 Å². The molecule has 0 saturated carbocycles. The van der Waals surface area contributed by atoms with Gasteiger partial charge in [0, 0.05) is 4.47 Å². The lowest BCUT2D eigenvalue weighted by Gasteiger charge is -2.10. The predicted molar refractivity (Wildman–Crippen MR) is 95.3 cm³/mol. The highest BCUT2D eigenvalue weighted by Crippen LogP contribution is 2.15. The number of hydrogen-bond acceptors (Lipinski definition) is 5. The summed E-state index contributed by atoms with van der Waals surface area (Å²) in [5.74, 6) is -0.202. The van der Waals surface area contributed by atoms with Crippen molar-refractivity contribution < 1.29 is 14.3 Å². The Hall–Kier alpha value is -1.97. The van der Waals surface area contributed by atoms with Crippen LogP contribution in [0.2, 0.25) is 0 Å². The molecule has 2 aromatic rings. The number of thiocarbonyl (C=S) groups is 1. The van der Waals surface area contributed by atoms with Gasteiger partial charge in [0.05, 0.1) is 4.88 Å². The molecular weight excluding hydrogens is 402 g/mol. The van der Waals surface area contributed by atoms with Crippen molar-refractivity contribution in [1.29, 1.82) is 0 Å². The van der Waals surface area contributed by atoms with Gasteiger partial charge in [-0.05, 0) is 47.9 Å². The first-order chi connectivity index (χ1) is 11.0. The number of nitrogens with one attached hydrogen (secondary N) is 3. The van der Waals surface area contributed by atoms with E-state index in [-0.39, 0.29) is 17.6 Å². The number of hydrazine groups is 1. The van der Waals surface area contributed by atoms with Crippen LogP contribution in [0, 0.1) is 0 Å². The van der Waals surface area contributed by atoms with Crippen LogP contribution in [0.25, 0.3) is 0 Å². The first kappa shape index (κ1) is 17.4. The van der Waals surface area contributed by atoms with E-state index in [0.29, 0.717) is 10.6 Å². The van der Waals surface area contributed by atoms with Crippen molar-refractivity contribution in [3.8, 4) is 5.75 Å². The molecule has 2 amide bonds. The van der Waals surface area contributed by atoms with E-state index in [2.05, 4.69) is 32.1 Å². The smallest absolute Gasteiger partial charge is 0.279 e. The zero-order valence-corrected chi connectivity index (χ0v) is 14.9. The molecule has 0 saturated heterocycles. The average Bonchev–Trinajstić information content (AvgIpc) is 3.06. The van der Waals surface area contributed by atoms with E-state index in [1.54, 1.807) is 41.8 Å². The highest BCUT2D eigenvalue weighted by atomic mass is 79.9. The molecule has 0 spiro atoms. The maximum Gasteiger partial charge on any atom is 0.279 e. The number of carbonyl (C=O) groups excluding carboxylic acids is 2. The summed E-state index contributed by atoms with van der Waals surface area (Å²) in [5, 5.41) is 4.17. The zero-order chi connectivity index (χ0) is 16.7. The molecule has 23 heavy (non-hydrogen) atoms. The molecule has 3 N–H and O–H groups in total. The number of thiophene rings is 1. The molecule has 0 bridgehead atoms. The number of ether oxygens (including phenoxy) is 1. The summed E-state index contributed by atoms with van der Waals surface area (Å²) in [4.78, 5) is 23.9. The van der Waals surface area contributed by atoms with Crippen LogP contribution < -0.4 is 20.9 Å². The summed E-state index contributed by atoms with van der Waals surface area (Å²) in [5.41, 5.74) is 4.84. The number of benzene rings is 1. The molecule has 1 aromatic heterocycles. The standard InChI is InChI=1S/C14H12BrN3O3S2/c15-9-3-5-10(6-4-9)21-8-12(19)16-14(22)18-17-13(20)11-2-1-7-23-11/h1-7H,8H2,(H,17,20)(H2,16,18,19,22). The molecule has 6 nitrogen and oxygen atoms in total. The first-order valence-electron chi connectivity index (χ1n) is 6.36. The van der Waals surface area contributed by atoms with E-state index >= 15 is 0 Å². The number of rotatable bonds is 4. The van der Waals surface area contributed by atoms with E-state index in [4.69, 9.17) is 17.0 Å². The largest absolute Gasteiger partial charge is 0.484 e. The van der Waals surface area contributed by atoms with Crippen molar-refractivity contribution in [2.24, 2.45) is 0 Å². The normalized spacial score (nSPS) is 9.78. The summed E-state index contributed by atoms with van der Waals surface area (Å²) < 4.78 is 6.22. The number of carbonyl (C=O) groups is 2. The van der Waals surface area contributed by atoms with Gasteiger partial charge in [0.2, 0.25) is 0 Å². The van der Waals surface area contributed by atoms with Crippen molar-refractivity contribution in [2.45, 2.75) is 0 Å². The Balaban J connectivity index is 1.69. The molecule has 0 radical (unpaired) electrons. The summed E-state index contributed by atoms with van der Waals surface area (Å²) >= 11 is 9.51. The van der Waals surface area contributed by atoms with Gasteiger partial charge in [-0.2, -0.15) is 0 Å². The van der Waals surface area contributed by atoms with Crippen LogP contribution in [0.15, 0.2) is 46.3 Å². The maximum atomic E-state index is 11.7. The Morgan fingerprint density at radius 1 is 1.17 bits per heavy atom. The quantitative estimate of drug-likeness (QED) is 0.528. The third-order valence-electron chi connectivity index (χ3n) is 2.47. The Bertz CT molecular complexity index is 690. The summed E-state index contributed by atoms with van der Waals surface area (Å²) in [6.07, 6.45) is 0. The average molecular weight is 414 g/mol. The van der Waals surface area contributed by atoms with Crippen LogP contribution in [0.3, 0.4) is 0 Å². The lowest BCUT2D eigenvalue weighted by molar-refractivity contribution is -0.121. The summed E-state index contributed by atoms with van der Waals surface area (Å²) in [6.45, 7) is -0.192. The first-order valence-corrected chi connectivity index (χ1v) is 8.45. The van der Waals surface area contributed by atoms with Gasteiger partial charge in [-0.1, -0.05) is 22.0 Å². The molecule has 0 aliphatic heterocycles. The van der Waals surface area contributed by atoms with Gasteiger partial charge >= 0.3 is 0 Å². The minimum Gasteiger partial charge on any atom is -0.484 e. The Kier molecular flexibility index (Phi) is 6.51. The van der Waals surface area contributed by atoms with Gasteiger partial charge in [-0.25, -0.2) is 0 Å². The van der Waals surface area contributed by atoms with Crippen LogP contribution >= 0.6 is 39.5 Å². The predicted octanol–water partition coefficient (Wildman–Crippen LogP) is 2.23. The van der Waals surface area contributed by atoms with Gasteiger partial charge in [0.1, 0.15) is 5.75 Å². The van der Waals surface area contributed by atoms with Crippen molar-refractivity contribution >= 4 is 56.4 Å². The zero-order valence-electron chi connectivity index (χ0n) is 11.7. The molecule has 120 valence electrons. The Morgan fingerprint density at radius 3 is 2.57 bits per heavy atom. The second-order valence-electron chi connectivity index (χ2n) is 4.18. The number of halogens is 1. The SMILES string of the molecule is O=C(COc1ccc(Br)cc1)NC(=S)NNC(=O)c1cccs1. The molecule has 1 heterocycles. The second-order valence-corrected chi connectivity index (χ2v) is 6.45. The molecule has 2 rings (SSSR count). The van der Waals surface area contributed by atoms with Gasteiger partial charge in [-0.3, -0.25) is 25.8 Å². The molecule has 9 heteroatoms. The van der Waals surface area contributed by atoms with Crippen LogP contribution in [-0.4, -0.2) is 23.5 Å². The van der Waals surface area contributed by atoms with Crippen LogP contribution in [0.1, 0.15) is 9.67 Å². The highest BCUT2D eigenvalue weighted by Gasteiger charge is 2.08. The molecule has 0 aliphatic rings. The fourth-order valence-corrected chi connectivity index (χ4v) is 2.50. The maximum absolute atomic E-state index is 11.7. The van der Waals surface area contributed by atoms with Gasteiger partial charge in [0.25, 0.3) is 11.8 Å². The van der Waals surface area contributed by atoms with Gasteiger partial charge in [0.15, 0.2) is 11.7 Å². The fourth-order valence-electron chi connectivity index (χ4n) is 1.46. The lowest BCUT2D eigenvalue weighted by Crippen LogP contribution is -2.49. The lowest BCUT2D eigenvalue weighted by atomic mass is 10.3. The van der Waals surface area contributed by atoms with E-state index in [1.807, 2.05) is 0 Å². The minimum absolute atomic E-state index is 0.0145. The van der Waals surface area contributed by atoms with Crippen LogP contribution in [0.4, 0.5) is 0 Å².